The molecule has 0 bridgehead atoms. The number of benzene rings is 1. The monoisotopic (exact) mass is 420 g/mol. The summed E-state index contributed by atoms with van der Waals surface area (Å²) in [6.45, 7) is 3.34. The summed E-state index contributed by atoms with van der Waals surface area (Å²) in [5, 5.41) is 2.70. The van der Waals surface area contributed by atoms with Gasteiger partial charge in [0.2, 0.25) is 0 Å². The molecule has 0 radical (unpaired) electrons. The van der Waals surface area contributed by atoms with Gasteiger partial charge in [0.15, 0.2) is 0 Å². The number of nitrogens with zero attached hydrogens (tertiary/aromatic N) is 3. The molecule has 1 aromatic heterocycles. The third kappa shape index (κ3) is 5.74. The molecule has 1 aliphatic rings. The van der Waals surface area contributed by atoms with E-state index in [1.165, 1.54) is 18.3 Å². The van der Waals surface area contributed by atoms with Gasteiger partial charge in [0, 0.05) is 44.5 Å². The van der Waals surface area contributed by atoms with Gasteiger partial charge in [0.05, 0.1) is 5.56 Å². The van der Waals surface area contributed by atoms with Gasteiger partial charge < -0.3 is 15.1 Å². The first-order valence-corrected chi connectivity index (χ1v) is 10.1. The maximum atomic E-state index is 12.6. The van der Waals surface area contributed by atoms with Crippen LogP contribution < -0.4 is 5.32 Å². The maximum absolute atomic E-state index is 12.6. The molecule has 2 aromatic rings. The lowest BCUT2D eigenvalue weighted by molar-refractivity contribution is 0.0664. The van der Waals surface area contributed by atoms with Crippen LogP contribution in [0.5, 0.6) is 0 Å². The molecule has 1 N–H and O–H groups in total. The third-order valence-corrected chi connectivity index (χ3v) is 5.39. The lowest BCUT2D eigenvalue weighted by Gasteiger charge is -2.32. The molecule has 0 saturated carbocycles. The van der Waals surface area contributed by atoms with Crippen molar-refractivity contribution < 1.29 is 18.4 Å². The summed E-state index contributed by atoms with van der Waals surface area (Å²) < 4.78 is 25.3. The van der Waals surface area contributed by atoms with Gasteiger partial charge in [-0.05, 0) is 48.6 Å². The summed E-state index contributed by atoms with van der Waals surface area (Å²) in [5.41, 5.74) is 1.52. The fourth-order valence-electron chi connectivity index (χ4n) is 2.98. The SMILES string of the molecule is CN1CCN(C(=O)c2ccc(CNC(=O)c3cccnc3SC(F)F)cc2)CC1. The number of hydrogen-bond acceptors (Lipinski definition) is 5. The number of likely N-dealkylation sites (N-methyl/N-ethyl adjacent to an activating group) is 1. The summed E-state index contributed by atoms with van der Waals surface area (Å²) >= 11 is 0.243. The lowest BCUT2D eigenvalue weighted by atomic mass is 10.1. The second kappa shape index (κ2) is 9.80. The quantitative estimate of drug-likeness (QED) is 0.728. The summed E-state index contributed by atoms with van der Waals surface area (Å²) in [6.07, 6.45) is 1.37. The smallest absolute Gasteiger partial charge is 0.290 e. The maximum Gasteiger partial charge on any atom is 0.290 e. The number of thioether (sulfide) groups is 1. The second-order valence-corrected chi connectivity index (χ2v) is 7.69. The Kier molecular flexibility index (Phi) is 7.16. The summed E-state index contributed by atoms with van der Waals surface area (Å²) in [4.78, 5) is 32.8. The van der Waals surface area contributed by atoms with Crippen LogP contribution in [0.2, 0.25) is 0 Å². The van der Waals surface area contributed by atoms with Crippen LogP contribution >= 0.6 is 11.8 Å². The highest BCUT2D eigenvalue weighted by Crippen LogP contribution is 2.26. The molecule has 2 amide bonds. The Morgan fingerprint density at radius 3 is 2.48 bits per heavy atom. The minimum atomic E-state index is -2.65. The number of amides is 2. The topological polar surface area (TPSA) is 65.5 Å². The number of nitrogens with one attached hydrogen (secondary N) is 1. The Hall–Kier alpha value is -2.52. The number of carbonyl (C=O) groups is 2. The van der Waals surface area contributed by atoms with Gasteiger partial charge in [-0.25, -0.2) is 4.98 Å². The van der Waals surface area contributed by atoms with E-state index in [9.17, 15) is 18.4 Å². The normalized spacial score (nSPS) is 14.8. The third-order valence-electron chi connectivity index (χ3n) is 4.66. The molecule has 3 rings (SSSR count). The molecule has 29 heavy (non-hydrogen) atoms. The molecule has 1 aliphatic heterocycles. The minimum absolute atomic E-state index is 0.00212. The molecule has 154 valence electrons. The first-order chi connectivity index (χ1) is 13.9. The Morgan fingerprint density at radius 2 is 1.83 bits per heavy atom. The van der Waals surface area contributed by atoms with Crippen molar-refractivity contribution in [1.29, 1.82) is 0 Å². The number of carbonyl (C=O) groups excluding carboxylic acids is 2. The number of aromatic nitrogens is 1. The first-order valence-electron chi connectivity index (χ1n) is 9.19. The van der Waals surface area contributed by atoms with E-state index in [0.29, 0.717) is 18.7 Å². The van der Waals surface area contributed by atoms with Crippen molar-refractivity contribution in [3.63, 3.8) is 0 Å². The van der Waals surface area contributed by atoms with Gasteiger partial charge in [-0.3, -0.25) is 9.59 Å². The molecule has 1 fully saturated rings. The Bertz CT molecular complexity index is 856. The fraction of sp³-hybridized carbons (Fsp3) is 0.350. The van der Waals surface area contributed by atoms with Crippen molar-refractivity contribution in [2.45, 2.75) is 17.3 Å². The van der Waals surface area contributed by atoms with Gasteiger partial charge in [-0.2, -0.15) is 8.78 Å². The number of pyridine rings is 1. The predicted octanol–water partition coefficient (Wildman–Crippen LogP) is 2.71. The summed E-state index contributed by atoms with van der Waals surface area (Å²) in [7, 11) is 2.03. The van der Waals surface area contributed by atoms with Crippen LogP contribution in [0, 0.1) is 0 Å². The molecule has 1 aromatic carbocycles. The van der Waals surface area contributed by atoms with Gasteiger partial charge in [0.25, 0.3) is 17.6 Å². The van der Waals surface area contributed by atoms with E-state index in [1.807, 2.05) is 11.9 Å². The number of halogens is 2. The van der Waals surface area contributed by atoms with E-state index in [1.54, 1.807) is 24.3 Å². The van der Waals surface area contributed by atoms with Gasteiger partial charge in [-0.15, -0.1) is 0 Å². The van der Waals surface area contributed by atoms with Crippen LogP contribution in [0.15, 0.2) is 47.6 Å². The zero-order chi connectivity index (χ0) is 20.8. The number of alkyl halides is 2. The Labute approximate surface area is 172 Å². The van der Waals surface area contributed by atoms with E-state index >= 15 is 0 Å². The van der Waals surface area contributed by atoms with Crippen LogP contribution in [0.4, 0.5) is 8.78 Å². The Balaban J connectivity index is 1.58. The first kappa shape index (κ1) is 21.2. The fourth-order valence-corrected chi connectivity index (χ4v) is 3.55. The number of hydrogen-bond donors (Lipinski definition) is 1. The predicted molar refractivity (Wildman–Crippen MR) is 107 cm³/mol. The Morgan fingerprint density at radius 1 is 1.14 bits per heavy atom. The zero-order valence-corrected chi connectivity index (χ0v) is 16.8. The van der Waals surface area contributed by atoms with Crippen molar-refractivity contribution in [3.8, 4) is 0 Å². The second-order valence-electron chi connectivity index (χ2n) is 6.71. The largest absolute Gasteiger partial charge is 0.348 e. The van der Waals surface area contributed by atoms with E-state index in [4.69, 9.17) is 0 Å². The lowest BCUT2D eigenvalue weighted by Crippen LogP contribution is -2.47. The van der Waals surface area contributed by atoms with Crippen molar-refractivity contribution >= 4 is 23.6 Å². The number of piperazine rings is 1. The van der Waals surface area contributed by atoms with E-state index in [-0.39, 0.29) is 34.8 Å². The summed E-state index contributed by atoms with van der Waals surface area (Å²) in [6, 6.07) is 10.0. The molecular weight excluding hydrogens is 398 g/mol. The van der Waals surface area contributed by atoms with Gasteiger partial charge in [-0.1, -0.05) is 12.1 Å². The highest BCUT2D eigenvalue weighted by atomic mass is 32.2. The molecule has 0 atom stereocenters. The van der Waals surface area contributed by atoms with E-state index in [0.717, 1.165) is 18.7 Å². The molecule has 9 heteroatoms. The van der Waals surface area contributed by atoms with Gasteiger partial charge in [0.1, 0.15) is 5.03 Å². The standard InChI is InChI=1S/C20H22F2N4O2S/c1-25-9-11-26(12-10-25)19(28)15-6-4-14(5-7-15)13-24-17(27)16-3-2-8-23-18(16)29-20(21)22/h2-8,20H,9-13H2,1H3,(H,24,27). The number of rotatable bonds is 6. The van der Waals surface area contributed by atoms with E-state index in [2.05, 4.69) is 15.2 Å². The van der Waals surface area contributed by atoms with Crippen LogP contribution in [0.1, 0.15) is 26.3 Å². The highest BCUT2D eigenvalue weighted by molar-refractivity contribution is 7.99. The zero-order valence-electron chi connectivity index (χ0n) is 16.0. The molecular formula is C20H22F2N4O2S. The van der Waals surface area contributed by atoms with Crippen LogP contribution in [0.25, 0.3) is 0 Å². The van der Waals surface area contributed by atoms with Crippen LogP contribution in [-0.4, -0.2) is 65.6 Å². The molecule has 0 aliphatic carbocycles. The van der Waals surface area contributed by atoms with Crippen molar-refractivity contribution in [2.24, 2.45) is 0 Å². The molecule has 0 unspecified atom stereocenters. The average molecular weight is 420 g/mol. The summed E-state index contributed by atoms with van der Waals surface area (Å²) in [5.74, 6) is -3.13. The van der Waals surface area contributed by atoms with E-state index < -0.39 is 11.7 Å². The highest BCUT2D eigenvalue weighted by Gasteiger charge is 2.20. The molecule has 0 spiro atoms. The van der Waals surface area contributed by atoms with Crippen molar-refractivity contribution in [3.05, 3.63) is 59.3 Å². The van der Waals surface area contributed by atoms with Gasteiger partial charge >= 0.3 is 0 Å². The molecule has 6 nitrogen and oxygen atoms in total. The molecule has 1 saturated heterocycles. The van der Waals surface area contributed by atoms with Crippen molar-refractivity contribution in [1.82, 2.24) is 20.1 Å². The van der Waals surface area contributed by atoms with Crippen LogP contribution in [0.3, 0.4) is 0 Å². The molecule has 2 heterocycles. The van der Waals surface area contributed by atoms with Crippen molar-refractivity contribution in [2.75, 3.05) is 33.2 Å². The minimum Gasteiger partial charge on any atom is -0.348 e. The average Bonchev–Trinajstić information content (AvgIpc) is 2.72. The van der Waals surface area contributed by atoms with Crippen LogP contribution in [-0.2, 0) is 6.54 Å².